The molecule has 0 bridgehead atoms. The van der Waals surface area contributed by atoms with E-state index in [9.17, 15) is 39.5 Å². The normalized spacial score (nSPS) is 16.2. The van der Waals surface area contributed by atoms with Crippen molar-refractivity contribution < 1.29 is 39.5 Å². The Balaban J connectivity index is 6.37. The summed E-state index contributed by atoms with van der Waals surface area (Å²) in [6.07, 6.45) is 0. The molecular formula is C6H9F9GeSn. The molecule has 0 aliphatic heterocycles. The van der Waals surface area contributed by atoms with Crippen LogP contribution in [0.2, 0.25) is 17.3 Å². The van der Waals surface area contributed by atoms with Crippen LogP contribution in [0.4, 0.5) is 39.5 Å². The van der Waals surface area contributed by atoms with E-state index in [0.29, 0.717) is 17.3 Å². The Hall–Kier alpha value is 0.712. The molecule has 0 spiro atoms. The summed E-state index contributed by atoms with van der Waals surface area (Å²) < 4.78 is 94.5. The molecule has 0 heterocycles. The van der Waals surface area contributed by atoms with E-state index in [0.717, 1.165) is 0 Å². The van der Waals surface area contributed by atoms with Crippen LogP contribution in [0.25, 0.3) is 0 Å². The van der Waals surface area contributed by atoms with Gasteiger partial charge in [-0.25, -0.2) is 0 Å². The summed E-state index contributed by atoms with van der Waals surface area (Å²) in [5, 5.41) is 0. The van der Waals surface area contributed by atoms with Crippen LogP contribution >= 0.6 is 0 Å². The second-order valence-electron chi connectivity index (χ2n) is 4.49. The molecule has 0 rings (SSSR count). The molecule has 0 saturated heterocycles. The third kappa shape index (κ3) is 2.68. The number of hydrogen-bond acceptors (Lipinski definition) is 0. The zero-order valence-electron chi connectivity index (χ0n) is 8.90. The summed E-state index contributed by atoms with van der Waals surface area (Å²) in [7, 11) is -5.07. The van der Waals surface area contributed by atoms with Crippen LogP contribution in [0.3, 0.4) is 0 Å². The third-order valence-corrected chi connectivity index (χ3v) is 59.7. The molecule has 0 aliphatic carbocycles. The fraction of sp³-hybridized carbons (Fsp3) is 1.00. The molecule has 0 aromatic rings. The SMILES string of the molecule is [CH3][Ge]([CH3])([CH3])[Sn]([C](F)(F)F)([C](F)(F)F)[C](F)(F)F. The first kappa shape index (κ1) is 17.7. The van der Waals surface area contributed by atoms with Crippen LogP contribution < -0.4 is 0 Å². The van der Waals surface area contributed by atoms with E-state index in [1.165, 1.54) is 0 Å². The third-order valence-electron chi connectivity index (χ3n) is 2.40. The summed E-state index contributed by atoms with van der Waals surface area (Å²) in [6.45, 7) is 0. The molecule has 0 aliphatic rings. The van der Waals surface area contributed by atoms with Gasteiger partial charge in [0.25, 0.3) is 0 Å². The average molecular weight is 443 g/mol. The van der Waals surface area contributed by atoms with Crippen molar-refractivity contribution in [2.24, 2.45) is 0 Å². The van der Waals surface area contributed by atoms with Crippen molar-refractivity contribution in [1.82, 2.24) is 0 Å². The van der Waals surface area contributed by atoms with Crippen molar-refractivity contribution >= 4 is 26.0 Å². The molecule has 11 heteroatoms. The first-order valence-corrected chi connectivity index (χ1v) is 23.2. The monoisotopic (exact) mass is 446 g/mol. The van der Waals surface area contributed by atoms with Crippen molar-refractivity contribution in [2.45, 2.75) is 29.8 Å². The minimum atomic E-state index is -8.36. The maximum absolute atomic E-state index is 12.6. The quantitative estimate of drug-likeness (QED) is 0.422. The van der Waals surface area contributed by atoms with Crippen LogP contribution in [-0.2, 0) is 0 Å². The van der Waals surface area contributed by atoms with E-state index < -0.39 is 38.6 Å². The topological polar surface area (TPSA) is 0 Å². The van der Waals surface area contributed by atoms with E-state index in [1.807, 2.05) is 0 Å². The van der Waals surface area contributed by atoms with Gasteiger partial charge in [0, 0.05) is 0 Å². The predicted molar refractivity (Wildman–Crippen MR) is 47.3 cm³/mol. The van der Waals surface area contributed by atoms with Crippen molar-refractivity contribution in [3.63, 3.8) is 0 Å². The van der Waals surface area contributed by atoms with Crippen molar-refractivity contribution in [3.05, 3.63) is 0 Å². The summed E-state index contributed by atoms with van der Waals surface area (Å²) in [6, 6.07) is 0. The molecule has 0 saturated carbocycles. The Morgan fingerprint density at radius 3 is 0.765 bits per heavy atom. The van der Waals surface area contributed by atoms with E-state index in [2.05, 4.69) is 0 Å². The fourth-order valence-electron chi connectivity index (χ4n) is 1.76. The summed E-state index contributed by atoms with van der Waals surface area (Å²) in [5.74, 6) is 1.60. The van der Waals surface area contributed by atoms with Gasteiger partial charge < -0.3 is 0 Å². The minimum absolute atomic E-state index is 0.532. The molecule has 0 aromatic carbocycles. The summed E-state index contributed by atoms with van der Waals surface area (Å²) in [5.41, 5.74) is 0. The second kappa shape index (κ2) is 4.37. The number of halogens is 9. The molecule has 0 nitrogen and oxygen atoms in total. The Labute approximate surface area is 95.3 Å². The molecule has 0 atom stereocenters. The first-order valence-electron chi connectivity index (χ1n) is 4.20. The zero-order valence-corrected chi connectivity index (χ0v) is 13.9. The Morgan fingerprint density at radius 2 is 0.765 bits per heavy atom. The van der Waals surface area contributed by atoms with Crippen LogP contribution in [0, 0.1) is 0 Å². The molecule has 0 amide bonds. The summed E-state index contributed by atoms with van der Waals surface area (Å²) >= 11 is -8.36. The van der Waals surface area contributed by atoms with Gasteiger partial charge in [-0.3, -0.25) is 0 Å². The number of hydrogen-bond donors (Lipinski definition) is 0. The van der Waals surface area contributed by atoms with E-state index >= 15 is 0 Å². The zero-order chi connectivity index (χ0) is 14.5. The van der Waals surface area contributed by atoms with E-state index in [1.54, 1.807) is 0 Å². The van der Waals surface area contributed by atoms with Gasteiger partial charge in [-0.15, -0.1) is 0 Å². The van der Waals surface area contributed by atoms with Crippen molar-refractivity contribution in [3.8, 4) is 0 Å². The Kier molecular flexibility index (Phi) is 4.56. The van der Waals surface area contributed by atoms with E-state index in [4.69, 9.17) is 0 Å². The Morgan fingerprint density at radius 1 is 0.588 bits per heavy atom. The van der Waals surface area contributed by atoms with Crippen molar-refractivity contribution in [2.75, 3.05) is 0 Å². The number of alkyl halides is 9. The summed E-state index contributed by atoms with van der Waals surface area (Å²) in [4.78, 5) is 0. The van der Waals surface area contributed by atoms with Crippen molar-refractivity contribution in [1.29, 1.82) is 0 Å². The first-order chi connectivity index (χ1) is 7.00. The maximum atomic E-state index is 12.6. The van der Waals surface area contributed by atoms with Gasteiger partial charge in [-0.2, -0.15) is 0 Å². The molecule has 0 unspecified atom stereocenters. The molecule has 0 aromatic heterocycles. The fourth-order valence-corrected chi connectivity index (χ4v) is 47.7. The number of rotatable bonds is 1. The predicted octanol–water partition coefficient (Wildman–Crippen LogP) is 4.16. The van der Waals surface area contributed by atoms with E-state index in [-0.39, 0.29) is 0 Å². The average Bonchev–Trinajstić information content (AvgIpc) is 1.67. The second-order valence-corrected chi connectivity index (χ2v) is 55.9. The van der Waals surface area contributed by atoms with Gasteiger partial charge in [0.2, 0.25) is 0 Å². The Bertz CT molecular complexity index is 218. The van der Waals surface area contributed by atoms with Crippen LogP contribution in [0.1, 0.15) is 0 Å². The molecular weight excluding hydrogens is 434 g/mol. The molecule has 0 fully saturated rings. The van der Waals surface area contributed by atoms with Gasteiger partial charge in [0.05, 0.1) is 0 Å². The van der Waals surface area contributed by atoms with Gasteiger partial charge in [-0.05, 0) is 0 Å². The molecule has 0 radical (unpaired) electrons. The van der Waals surface area contributed by atoms with Crippen LogP contribution in [-0.4, -0.2) is 38.6 Å². The standard InChI is InChI=1S/C3H9Ge.3CF3.Sn/c1-4(2)3;3*2-1(3)4;/h1-3H3;;;;. The van der Waals surface area contributed by atoms with Gasteiger partial charge in [0.1, 0.15) is 0 Å². The van der Waals surface area contributed by atoms with Crippen LogP contribution in [0.5, 0.6) is 0 Å². The van der Waals surface area contributed by atoms with Gasteiger partial charge in [-0.1, -0.05) is 0 Å². The molecule has 0 N–H and O–H groups in total. The molecule has 17 heavy (non-hydrogen) atoms. The van der Waals surface area contributed by atoms with Gasteiger partial charge >= 0.3 is 95.3 Å². The van der Waals surface area contributed by atoms with Crippen LogP contribution in [0.15, 0.2) is 0 Å². The van der Waals surface area contributed by atoms with Gasteiger partial charge in [0.15, 0.2) is 0 Å². The molecule has 104 valence electrons.